The molecule has 0 heterocycles. The summed E-state index contributed by atoms with van der Waals surface area (Å²) in [6.45, 7) is 2.10. The third-order valence-corrected chi connectivity index (χ3v) is 6.67. The minimum absolute atomic E-state index is 0.00201. The molecule has 1 unspecified atom stereocenters. The fourth-order valence-corrected chi connectivity index (χ4v) is 5.06. The van der Waals surface area contributed by atoms with Crippen molar-refractivity contribution >= 4 is 28.6 Å². The minimum Gasteiger partial charge on any atom is -0.507 e. The summed E-state index contributed by atoms with van der Waals surface area (Å²) in [6.07, 6.45) is 3.38. The number of carbonyl (C=O) groups is 2. The highest BCUT2D eigenvalue weighted by Crippen LogP contribution is 2.48. The average Bonchev–Trinajstić information content (AvgIpc) is 2.89. The number of aromatic hydroxyl groups is 1. The van der Waals surface area contributed by atoms with E-state index in [2.05, 4.69) is 5.32 Å². The molecule has 188 valence electrons. The Kier molecular flexibility index (Phi) is 5.97. The van der Waals surface area contributed by atoms with Crippen molar-refractivity contribution in [1.82, 2.24) is 0 Å². The van der Waals surface area contributed by atoms with Gasteiger partial charge in [0.05, 0.1) is 23.9 Å². The Balaban J connectivity index is 1.82. The molecule has 2 aliphatic carbocycles. The number of nitrogens with one attached hydrogen (secondary N) is 1. The molecule has 5 N–H and O–H groups in total. The summed E-state index contributed by atoms with van der Waals surface area (Å²) in [5.74, 6) is -1.12. The molecule has 8 heteroatoms. The van der Waals surface area contributed by atoms with Gasteiger partial charge in [0.15, 0.2) is 23.1 Å². The first kappa shape index (κ1) is 24.1. The quantitative estimate of drug-likeness (QED) is 0.270. The fourth-order valence-electron chi connectivity index (χ4n) is 5.06. The van der Waals surface area contributed by atoms with Crippen LogP contribution in [0.3, 0.4) is 0 Å². The van der Waals surface area contributed by atoms with E-state index < -0.39 is 17.2 Å². The lowest BCUT2D eigenvalue weighted by molar-refractivity contribution is -0.00764. The van der Waals surface area contributed by atoms with Crippen LogP contribution >= 0.6 is 0 Å². The molecular weight excluding hydrogens is 472 g/mol. The number of anilines is 3. The van der Waals surface area contributed by atoms with Gasteiger partial charge >= 0.3 is 0 Å². The predicted molar refractivity (Wildman–Crippen MR) is 139 cm³/mol. The van der Waals surface area contributed by atoms with Gasteiger partial charge in [-0.25, -0.2) is 0 Å². The molecule has 3 aromatic carbocycles. The van der Waals surface area contributed by atoms with Crippen LogP contribution in [-0.4, -0.2) is 35.5 Å². The Labute approximate surface area is 213 Å². The Hall–Kier alpha value is -4.56. The van der Waals surface area contributed by atoms with Crippen molar-refractivity contribution in [1.29, 1.82) is 0 Å². The number of ketones is 2. The van der Waals surface area contributed by atoms with Crippen molar-refractivity contribution in [3.8, 4) is 5.75 Å². The maximum Gasteiger partial charge on any atom is 0.200 e. The first-order valence-corrected chi connectivity index (χ1v) is 11.8. The van der Waals surface area contributed by atoms with Gasteiger partial charge < -0.3 is 30.7 Å². The molecule has 0 saturated carbocycles. The first-order chi connectivity index (χ1) is 17.8. The first-order valence-electron chi connectivity index (χ1n) is 11.8. The van der Waals surface area contributed by atoms with E-state index in [-0.39, 0.29) is 58.2 Å². The fraction of sp³-hybridized carbons (Fsp3) is 0.172. The number of methoxy groups -OCH3 is 1. The Bertz CT molecular complexity index is 1490. The number of fused-ring (bicyclic) bond motifs is 2. The number of ether oxygens (including phenoxy) is 2. The van der Waals surface area contributed by atoms with Crippen LogP contribution in [0.15, 0.2) is 78.3 Å². The molecule has 0 fully saturated rings. The molecule has 5 rings (SSSR count). The molecule has 0 radical (unpaired) electrons. The number of phenols is 1. The molecule has 8 nitrogen and oxygen atoms in total. The topological polar surface area (TPSA) is 131 Å². The van der Waals surface area contributed by atoms with E-state index in [9.17, 15) is 19.8 Å². The number of hydrogen-bond acceptors (Lipinski definition) is 8. The van der Waals surface area contributed by atoms with Gasteiger partial charge in [-0.1, -0.05) is 30.3 Å². The second kappa shape index (κ2) is 9.15. The van der Waals surface area contributed by atoms with E-state index >= 15 is 0 Å². The number of phenolic OH excluding ortho intramolecular Hbond substituents is 1. The summed E-state index contributed by atoms with van der Waals surface area (Å²) >= 11 is 0. The average molecular weight is 499 g/mol. The van der Waals surface area contributed by atoms with Crippen LogP contribution in [0.5, 0.6) is 5.75 Å². The van der Waals surface area contributed by atoms with Gasteiger partial charge in [0.25, 0.3) is 0 Å². The SMILES string of the molecule is CCOC1(c2c(Nc3ccccc3)cc3c(c2N)C(=O)c2c(O)cccc2C3=O)C=C(OC)C(O)=CC1. The second-order valence-corrected chi connectivity index (χ2v) is 8.81. The summed E-state index contributed by atoms with van der Waals surface area (Å²) in [7, 11) is 1.43. The number of hydrogen-bond donors (Lipinski definition) is 4. The third-order valence-electron chi connectivity index (χ3n) is 6.67. The zero-order valence-electron chi connectivity index (χ0n) is 20.4. The molecule has 0 aromatic heterocycles. The summed E-state index contributed by atoms with van der Waals surface area (Å²) in [6, 6.07) is 15.3. The highest BCUT2D eigenvalue weighted by molar-refractivity contribution is 6.31. The largest absolute Gasteiger partial charge is 0.507 e. The number of nitrogen functional groups attached to an aromatic ring is 1. The molecular formula is C29H26N2O6. The number of aliphatic hydroxyl groups excluding tert-OH is 1. The monoisotopic (exact) mass is 498 g/mol. The van der Waals surface area contributed by atoms with E-state index in [1.165, 1.54) is 25.3 Å². The number of rotatable bonds is 6. The van der Waals surface area contributed by atoms with Gasteiger partial charge in [-0.05, 0) is 43.3 Å². The van der Waals surface area contributed by atoms with Gasteiger partial charge in [0.1, 0.15) is 11.4 Å². The number of carbonyl (C=O) groups excluding carboxylic acids is 2. The van der Waals surface area contributed by atoms with Gasteiger partial charge in [0.2, 0.25) is 0 Å². The van der Waals surface area contributed by atoms with E-state index in [0.29, 0.717) is 11.3 Å². The van der Waals surface area contributed by atoms with Crippen molar-refractivity contribution in [2.75, 3.05) is 24.8 Å². The van der Waals surface area contributed by atoms with Crippen LogP contribution in [0.1, 0.15) is 50.8 Å². The predicted octanol–water partition coefficient (Wildman–Crippen LogP) is 5.10. The molecule has 3 aromatic rings. The lowest BCUT2D eigenvalue weighted by Crippen LogP contribution is -2.34. The van der Waals surface area contributed by atoms with Crippen molar-refractivity contribution in [2.24, 2.45) is 0 Å². The van der Waals surface area contributed by atoms with Crippen molar-refractivity contribution in [2.45, 2.75) is 18.9 Å². The number of benzene rings is 3. The highest BCUT2D eigenvalue weighted by atomic mass is 16.5. The van der Waals surface area contributed by atoms with Crippen LogP contribution in [0.25, 0.3) is 0 Å². The van der Waals surface area contributed by atoms with E-state index in [1.54, 1.807) is 18.2 Å². The molecule has 37 heavy (non-hydrogen) atoms. The molecule has 0 bridgehead atoms. The third kappa shape index (κ3) is 3.82. The lowest BCUT2D eigenvalue weighted by Gasteiger charge is -2.37. The van der Waals surface area contributed by atoms with E-state index in [0.717, 1.165) is 5.69 Å². The summed E-state index contributed by atoms with van der Waals surface area (Å²) in [5.41, 5.74) is 7.32. The van der Waals surface area contributed by atoms with Gasteiger partial charge in [0, 0.05) is 41.1 Å². The maximum absolute atomic E-state index is 13.7. The minimum atomic E-state index is -1.23. The van der Waals surface area contributed by atoms with Gasteiger partial charge in [-0.15, -0.1) is 0 Å². The molecule has 0 aliphatic heterocycles. The standard InChI is InChI=1S/C29H26N2O6/c1-3-37-29(13-12-20(32)22(15-29)36-2)25-19(31-16-8-5-4-6-9-16)14-18-24(26(25)30)28(35)23-17(27(18)34)10-7-11-21(23)33/h4-12,14-15,31-33H,3,13,30H2,1-2H3. The van der Waals surface area contributed by atoms with Crippen molar-refractivity contribution in [3.63, 3.8) is 0 Å². The van der Waals surface area contributed by atoms with Crippen LogP contribution in [0, 0.1) is 0 Å². The Morgan fingerprint density at radius 1 is 1.00 bits per heavy atom. The highest BCUT2D eigenvalue weighted by Gasteiger charge is 2.43. The van der Waals surface area contributed by atoms with Crippen LogP contribution in [-0.2, 0) is 15.1 Å². The molecule has 0 saturated heterocycles. The van der Waals surface area contributed by atoms with E-state index in [4.69, 9.17) is 15.2 Å². The van der Waals surface area contributed by atoms with Crippen molar-refractivity contribution < 1.29 is 29.3 Å². The summed E-state index contributed by atoms with van der Waals surface area (Å²) in [4.78, 5) is 27.2. The van der Waals surface area contributed by atoms with Gasteiger partial charge in [-0.2, -0.15) is 0 Å². The Morgan fingerprint density at radius 3 is 2.46 bits per heavy atom. The molecule has 2 aliphatic rings. The van der Waals surface area contributed by atoms with Gasteiger partial charge in [-0.3, -0.25) is 9.59 Å². The van der Waals surface area contributed by atoms with E-state index in [1.807, 2.05) is 37.3 Å². The number of nitrogens with two attached hydrogens (primary N) is 1. The van der Waals surface area contributed by atoms with Crippen LogP contribution in [0.4, 0.5) is 17.1 Å². The maximum atomic E-state index is 13.7. The zero-order chi connectivity index (χ0) is 26.3. The second-order valence-electron chi connectivity index (χ2n) is 8.81. The molecule has 1 atom stereocenters. The molecule has 0 amide bonds. The number of para-hydroxylation sites is 1. The summed E-state index contributed by atoms with van der Waals surface area (Å²) in [5, 5.41) is 24.1. The van der Waals surface area contributed by atoms with Crippen LogP contribution in [0.2, 0.25) is 0 Å². The lowest BCUT2D eigenvalue weighted by atomic mass is 9.76. The number of aliphatic hydroxyl groups is 1. The zero-order valence-corrected chi connectivity index (χ0v) is 20.4. The smallest absolute Gasteiger partial charge is 0.200 e. The van der Waals surface area contributed by atoms with Crippen molar-refractivity contribution in [3.05, 3.63) is 106 Å². The normalized spacial score (nSPS) is 18.4. The van der Waals surface area contributed by atoms with Crippen LogP contribution < -0.4 is 11.1 Å². The Morgan fingerprint density at radius 2 is 1.76 bits per heavy atom. The summed E-state index contributed by atoms with van der Waals surface area (Å²) < 4.78 is 11.6. The molecule has 0 spiro atoms.